The fourth-order valence-electron chi connectivity index (χ4n) is 2.74. The second kappa shape index (κ2) is 6.52. The summed E-state index contributed by atoms with van der Waals surface area (Å²) >= 11 is 4.24. The minimum absolute atomic E-state index is 0.283. The number of nitrogens with one attached hydrogen (secondary N) is 1. The molecular formula is C16H17FINOS. The number of ether oxygens (including phenoxy) is 1. The van der Waals surface area contributed by atoms with Crippen LogP contribution < -0.4 is 10.1 Å². The number of anilines is 1. The maximum atomic E-state index is 13.9. The molecule has 0 aliphatic heterocycles. The Kier molecular flexibility index (Phi) is 4.69. The lowest BCUT2D eigenvalue weighted by Gasteiger charge is -2.24. The summed E-state index contributed by atoms with van der Waals surface area (Å²) in [4.78, 5) is 1.47. The van der Waals surface area contributed by atoms with Gasteiger partial charge in [-0.1, -0.05) is 0 Å². The predicted octanol–water partition coefficient (Wildman–Crippen LogP) is 5.38. The summed E-state index contributed by atoms with van der Waals surface area (Å²) in [6.45, 7) is 2.33. The molecule has 3 rings (SSSR count). The maximum Gasteiger partial charge on any atom is 0.167 e. The smallest absolute Gasteiger partial charge is 0.167 e. The van der Waals surface area contributed by atoms with Crippen LogP contribution in [0, 0.1) is 8.70 Å². The Balaban J connectivity index is 1.80. The van der Waals surface area contributed by atoms with E-state index in [1.165, 1.54) is 32.2 Å². The Morgan fingerprint density at radius 3 is 3.05 bits per heavy atom. The van der Waals surface area contributed by atoms with Crippen LogP contribution in [0.25, 0.3) is 0 Å². The van der Waals surface area contributed by atoms with Crippen LogP contribution in [0.1, 0.15) is 36.2 Å². The van der Waals surface area contributed by atoms with Crippen LogP contribution in [-0.4, -0.2) is 6.61 Å². The lowest BCUT2D eigenvalue weighted by atomic mass is 9.94. The molecule has 1 aromatic carbocycles. The third-order valence-corrected chi connectivity index (χ3v) is 5.63. The maximum absolute atomic E-state index is 13.9. The Labute approximate surface area is 141 Å². The number of hydrogen-bond acceptors (Lipinski definition) is 3. The molecule has 0 bridgehead atoms. The van der Waals surface area contributed by atoms with Gasteiger partial charge >= 0.3 is 0 Å². The van der Waals surface area contributed by atoms with Gasteiger partial charge in [0.2, 0.25) is 0 Å². The zero-order valence-electron chi connectivity index (χ0n) is 11.8. The van der Waals surface area contributed by atoms with E-state index in [0.29, 0.717) is 12.4 Å². The molecular weight excluding hydrogens is 400 g/mol. The van der Waals surface area contributed by atoms with E-state index in [1.807, 2.05) is 24.3 Å². The number of thiophene rings is 1. The van der Waals surface area contributed by atoms with E-state index in [0.717, 1.165) is 12.1 Å². The predicted molar refractivity (Wildman–Crippen MR) is 93.9 cm³/mol. The van der Waals surface area contributed by atoms with E-state index in [2.05, 4.69) is 34.0 Å². The van der Waals surface area contributed by atoms with Crippen molar-refractivity contribution in [3.05, 3.63) is 43.4 Å². The second-order valence-electron chi connectivity index (χ2n) is 5.10. The first-order chi connectivity index (χ1) is 10.2. The lowest BCUT2D eigenvalue weighted by Crippen LogP contribution is -2.15. The molecule has 5 heteroatoms. The fraction of sp³-hybridized carbons (Fsp3) is 0.375. The third kappa shape index (κ3) is 3.34. The summed E-state index contributed by atoms with van der Waals surface area (Å²) in [5.74, 6) is 0.00949. The summed E-state index contributed by atoms with van der Waals surface area (Å²) in [7, 11) is 0. The molecule has 1 N–H and O–H groups in total. The topological polar surface area (TPSA) is 21.3 Å². The summed E-state index contributed by atoms with van der Waals surface area (Å²) in [5.41, 5.74) is 2.19. The summed E-state index contributed by atoms with van der Waals surface area (Å²) in [6, 6.07) is 7.65. The highest BCUT2D eigenvalue weighted by Crippen LogP contribution is 2.38. The Bertz CT molecular complexity index is 643. The van der Waals surface area contributed by atoms with Gasteiger partial charge in [0, 0.05) is 16.6 Å². The molecule has 1 aliphatic carbocycles. The van der Waals surface area contributed by atoms with Gasteiger partial charge in [0.05, 0.1) is 15.5 Å². The molecule has 1 atom stereocenters. The van der Waals surface area contributed by atoms with E-state index < -0.39 is 0 Å². The Hall–Kier alpha value is -0.820. The van der Waals surface area contributed by atoms with Crippen molar-refractivity contribution in [1.29, 1.82) is 0 Å². The molecule has 21 heavy (non-hydrogen) atoms. The SMILES string of the molecule is CCOc1ccc(NC2CCCc3sc(I)cc32)cc1F. The highest BCUT2D eigenvalue weighted by atomic mass is 127. The van der Waals surface area contributed by atoms with Crippen molar-refractivity contribution < 1.29 is 9.13 Å². The Morgan fingerprint density at radius 1 is 1.43 bits per heavy atom. The Morgan fingerprint density at radius 2 is 2.29 bits per heavy atom. The van der Waals surface area contributed by atoms with Crippen molar-refractivity contribution in [2.24, 2.45) is 0 Å². The molecule has 1 heterocycles. The number of rotatable bonds is 4. The summed E-state index contributed by atoms with van der Waals surface area (Å²) in [5, 5.41) is 3.47. The average Bonchev–Trinajstić information content (AvgIpc) is 2.83. The van der Waals surface area contributed by atoms with E-state index >= 15 is 0 Å². The quantitative estimate of drug-likeness (QED) is 0.675. The number of halogens is 2. The highest BCUT2D eigenvalue weighted by Gasteiger charge is 2.22. The summed E-state index contributed by atoms with van der Waals surface area (Å²) < 4.78 is 20.5. The van der Waals surface area contributed by atoms with Crippen LogP contribution in [0.3, 0.4) is 0 Å². The fourth-order valence-corrected chi connectivity index (χ4v) is 4.86. The van der Waals surface area contributed by atoms with Gasteiger partial charge in [-0.25, -0.2) is 4.39 Å². The molecule has 0 spiro atoms. The van der Waals surface area contributed by atoms with Gasteiger partial charge in [-0.05, 0) is 72.5 Å². The first-order valence-corrected chi connectivity index (χ1v) is 9.04. The molecule has 0 saturated carbocycles. The lowest BCUT2D eigenvalue weighted by molar-refractivity contribution is 0.321. The van der Waals surface area contributed by atoms with Crippen LogP contribution in [0.2, 0.25) is 0 Å². The normalized spacial score (nSPS) is 17.4. The van der Waals surface area contributed by atoms with E-state index in [4.69, 9.17) is 4.74 Å². The van der Waals surface area contributed by atoms with Crippen LogP contribution in [0.4, 0.5) is 10.1 Å². The first-order valence-electron chi connectivity index (χ1n) is 7.14. The minimum Gasteiger partial charge on any atom is -0.491 e. The zero-order valence-corrected chi connectivity index (χ0v) is 14.8. The molecule has 0 radical (unpaired) electrons. The molecule has 1 aromatic heterocycles. The van der Waals surface area contributed by atoms with Gasteiger partial charge in [0.25, 0.3) is 0 Å². The van der Waals surface area contributed by atoms with E-state index in [9.17, 15) is 4.39 Å². The number of aryl methyl sites for hydroxylation is 1. The van der Waals surface area contributed by atoms with Crippen molar-refractivity contribution in [1.82, 2.24) is 0 Å². The van der Waals surface area contributed by atoms with Crippen LogP contribution in [0.5, 0.6) is 5.75 Å². The van der Waals surface area contributed by atoms with Crippen molar-refractivity contribution in [3.8, 4) is 5.75 Å². The first kappa shape index (κ1) is 15.1. The van der Waals surface area contributed by atoms with Crippen LogP contribution >= 0.6 is 33.9 Å². The van der Waals surface area contributed by atoms with Crippen molar-refractivity contribution in [3.63, 3.8) is 0 Å². The van der Waals surface area contributed by atoms with E-state index in [-0.39, 0.29) is 11.9 Å². The molecule has 0 fully saturated rings. The zero-order chi connectivity index (χ0) is 14.8. The molecule has 2 aromatic rings. The van der Waals surface area contributed by atoms with Gasteiger partial charge in [-0.3, -0.25) is 0 Å². The molecule has 0 amide bonds. The van der Waals surface area contributed by atoms with Crippen molar-refractivity contribution >= 4 is 39.6 Å². The third-order valence-electron chi connectivity index (χ3n) is 3.66. The molecule has 1 unspecified atom stereocenters. The number of benzene rings is 1. The summed E-state index contributed by atoms with van der Waals surface area (Å²) in [6.07, 6.45) is 3.44. The highest BCUT2D eigenvalue weighted by molar-refractivity contribution is 14.1. The molecule has 112 valence electrons. The van der Waals surface area contributed by atoms with Crippen LogP contribution in [0.15, 0.2) is 24.3 Å². The van der Waals surface area contributed by atoms with Gasteiger partial charge in [0.15, 0.2) is 11.6 Å². The van der Waals surface area contributed by atoms with Gasteiger partial charge in [-0.15, -0.1) is 11.3 Å². The minimum atomic E-state index is -0.308. The number of fused-ring (bicyclic) bond motifs is 1. The standard InChI is InChI=1S/C16H17FINOS/c1-2-20-14-7-6-10(8-12(14)17)19-13-4-3-5-15-11(13)9-16(18)21-15/h6-9,13,19H,2-5H2,1H3. The van der Waals surface area contributed by atoms with Crippen LogP contribution in [-0.2, 0) is 6.42 Å². The molecule has 0 saturated heterocycles. The second-order valence-corrected chi connectivity index (χ2v) is 8.13. The number of hydrogen-bond donors (Lipinski definition) is 1. The van der Waals surface area contributed by atoms with Gasteiger partial charge < -0.3 is 10.1 Å². The van der Waals surface area contributed by atoms with Crippen molar-refractivity contribution in [2.75, 3.05) is 11.9 Å². The van der Waals surface area contributed by atoms with Gasteiger partial charge in [0.1, 0.15) is 0 Å². The molecule has 2 nitrogen and oxygen atoms in total. The van der Waals surface area contributed by atoms with Crippen molar-refractivity contribution in [2.45, 2.75) is 32.2 Å². The largest absolute Gasteiger partial charge is 0.491 e. The van der Waals surface area contributed by atoms with E-state index in [1.54, 1.807) is 6.07 Å². The monoisotopic (exact) mass is 417 g/mol. The van der Waals surface area contributed by atoms with Gasteiger partial charge in [-0.2, -0.15) is 0 Å². The average molecular weight is 417 g/mol. The molecule has 1 aliphatic rings.